The van der Waals surface area contributed by atoms with Crippen LogP contribution in [-0.4, -0.2) is 23.4 Å². The van der Waals surface area contributed by atoms with Crippen molar-refractivity contribution in [3.05, 3.63) is 41.6 Å². The molecule has 0 radical (unpaired) electrons. The van der Waals surface area contributed by atoms with E-state index in [1.165, 1.54) is 0 Å². The Balaban J connectivity index is 2.29. The third kappa shape index (κ3) is 3.20. The lowest BCUT2D eigenvalue weighted by Gasteiger charge is -2.14. The first-order valence-corrected chi connectivity index (χ1v) is 6.39. The summed E-state index contributed by atoms with van der Waals surface area (Å²) in [5.74, 6) is -1.05. The van der Waals surface area contributed by atoms with Crippen LogP contribution in [0.5, 0.6) is 0 Å². The first-order valence-electron chi connectivity index (χ1n) is 6.39. The van der Waals surface area contributed by atoms with E-state index in [1.807, 2.05) is 13.8 Å². The van der Waals surface area contributed by atoms with Crippen LogP contribution in [0.4, 0.5) is 8.78 Å². The van der Waals surface area contributed by atoms with Gasteiger partial charge in [-0.2, -0.15) is 5.10 Å². The molecule has 0 amide bonds. The van der Waals surface area contributed by atoms with E-state index >= 15 is 0 Å². The van der Waals surface area contributed by atoms with Gasteiger partial charge in [0, 0.05) is 18.8 Å². The van der Waals surface area contributed by atoms with Crippen LogP contribution in [0.3, 0.4) is 0 Å². The normalized spacial score (nSPS) is 11.2. The van der Waals surface area contributed by atoms with Gasteiger partial charge in [-0.1, -0.05) is 0 Å². The summed E-state index contributed by atoms with van der Waals surface area (Å²) in [6.07, 6.45) is -0.595. The predicted molar refractivity (Wildman–Crippen MR) is 69.9 cm³/mol. The van der Waals surface area contributed by atoms with E-state index < -0.39 is 17.9 Å². The summed E-state index contributed by atoms with van der Waals surface area (Å²) >= 11 is 0. The van der Waals surface area contributed by atoms with Crippen molar-refractivity contribution >= 4 is 0 Å². The summed E-state index contributed by atoms with van der Waals surface area (Å²) in [7, 11) is 0. The monoisotopic (exact) mass is 282 g/mol. The van der Waals surface area contributed by atoms with E-state index in [1.54, 1.807) is 6.07 Å². The fraction of sp³-hybridized carbons (Fsp3) is 0.357. The number of ether oxygens (including phenoxy) is 2. The van der Waals surface area contributed by atoms with Crippen LogP contribution in [0.2, 0.25) is 0 Å². The molecular formula is C14H16F2N2O2. The van der Waals surface area contributed by atoms with Crippen LogP contribution in [0.25, 0.3) is 11.3 Å². The highest BCUT2D eigenvalue weighted by atomic mass is 19.1. The van der Waals surface area contributed by atoms with Gasteiger partial charge in [-0.25, -0.2) is 8.78 Å². The predicted octanol–water partition coefficient (Wildman–Crippen LogP) is 3.43. The van der Waals surface area contributed by atoms with Gasteiger partial charge in [0.25, 0.3) is 0 Å². The highest BCUT2D eigenvalue weighted by molar-refractivity contribution is 5.60. The van der Waals surface area contributed by atoms with Crippen molar-refractivity contribution in [2.75, 3.05) is 13.2 Å². The van der Waals surface area contributed by atoms with Crippen LogP contribution >= 0.6 is 0 Å². The number of hydrogen-bond donors (Lipinski definition) is 1. The maximum Gasteiger partial charge on any atom is 0.200 e. The SMILES string of the molecule is CCOC(OCC)c1cc(-c2cc(F)ccc2F)n[nH]1. The smallest absolute Gasteiger partial charge is 0.200 e. The fourth-order valence-corrected chi connectivity index (χ4v) is 1.82. The number of aromatic nitrogens is 2. The summed E-state index contributed by atoms with van der Waals surface area (Å²) < 4.78 is 37.7. The maximum absolute atomic E-state index is 13.7. The number of H-pyrrole nitrogens is 1. The lowest BCUT2D eigenvalue weighted by molar-refractivity contribution is -0.142. The molecule has 108 valence electrons. The van der Waals surface area contributed by atoms with Crippen molar-refractivity contribution in [2.24, 2.45) is 0 Å². The zero-order valence-corrected chi connectivity index (χ0v) is 11.3. The summed E-state index contributed by atoms with van der Waals surface area (Å²) in [6, 6.07) is 4.83. The second-order valence-electron chi connectivity index (χ2n) is 4.08. The van der Waals surface area contributed by atoms with E-state index in [9.17, 15) is 8.78 Å². The molecule has 1 heterocycles. The molecule has 6 heteroatoms. The summed E-state index contributed by atoms with van der Waals surface area (Å²) in [6.45, 7) is 4.62. The Kier molecular flexibility index (Phi) is 4.81. The molecule has 1 aromatic carbocycles. The Bertz CT molecular complexity index is 566. The summed E-state index contributed by atoms with van der Waals surface area (Å²) in [5, 5.41) is 6.71. The molecule has 2 aromatic rings. The number of aromatic amines is 1. The van der Waals surface area contributed by atoms with Gasteiger partial charge in [-0.3, -0.25) is 5.10 Å². The lowest BCUT2D eigenvalue weighted by atomic mass is 10.1. The maximum atomic E-state index is 13.7. The standard InChI is InChI=1S/C14H16F2N2O2/c1-3-19-14(20-4-2)13-8-12(17-18-13)10-7-9(15)5-6-11(10)16/h5-8,14H,3-4H2,1-2H3,(H,17,18). The van der Waals surface area contributed by atoms with Gasteiger partial charge < -0.3 is 9.47 Å². The molecule has 0 aliphatic heterocycles. The van der Waals surface area contributed by atoms with E-state index in [0.717, 1.165) is 18.2 Å². The number of nitrogens with one attached hydrogen (secondary N) is 1. The van der Waals surface area contributed by atoms with Crippen LogP contribution in [-0.2, 0) is 9.47 Å². The fourth-order valence-electron chi connectivity index (χ4n) is 1.82. The van der Waals surface area contributed by atoms with Crippen LogP contribution < -0.4 is 0 Å². The van der Waals surface area contributed by atoms with Gasteiger partial charge in [0.05, 0.1) is 11.4 Å². The minimum absolute atomic E-state index is 0.0965. The van der Waals surface area contributed by atoms with Crippen molar-refractivity contribution in [2.45, 2.75) is 20.1 Å². The molecule has 0 bridgehead atoms. The largest absolute Gasteiger partial charge is 0.347 e. The molecule has 1 N–H and O–H groups in total. The molecule has 0 atom stereocenters. The van der Waals surface area contributed by atoms with Crippen molar-refractivity contribution in [1.82, 2.24) is 10.2 Å². The van der Waals surface area contributed by atoms with Gasteiger partial charge in [0.15, 0.2) is 6.29 Å². The van der Waals surface area contributed by atoms with Crippen molar-refractivity contribution in [1.29, 1.82) is 0 Å². The molecule has 1 aromatic heterocycles. The third-order valence-corrected chi connectivity index (χ3v) is 2.69. The van der Waals surface area contributed by atoms with Crippen molar-refractivity contribution < 1.29 is 18.3 Å². The van der Waals surface area contributed by atoms with Crippen LogP contribution in [0.15, 0.2) is 24.3 Å². The number of hydrogen-bond acceptors (Lipinski definition) is 3. The zero-order valence-electron chi connectivity index (χ0n) is 11.3. The molecular weight excluding hydrogens is 266 g/mol. The highest BCUT2D eigenvalue weighted by Crippen LogP contribution is 2.25. The minimum Gasteiger partial charge on any atom is -0.347 e. The molecule has 2 rings (SSSR count). The van der Waals surface area contributed by atoms with Crippen molar-refractivity contribution in [3.8, 4) is 11.3 Å². The molecule has 20 heavy (non-hydrogen) atoms. The first-order chi connectivity index (χ1) is 9.65. The Labute approximate surface area is 115 Å². The Morgan fingerprint density at radius 1 is 1.15 bits per heavy atom. The Morgan fingerprint density at radius 3 is 2.50 bits per heavy atom. The summed E-state index contributed by atoms with van der Waals surface area (Å²) in [5.41, 5.74) is 0.966. The van der Waals surface area contributed by atoms with Gasteiger partial charge in [-0.15, -0.1) is 0 Å². The first kappa shape index (κ1) is 14.6. The quantitative estimate of drug-likeness (QED) is 0.826. The average molecular weight is 282 g/mol. The zero-order chi connectivity index (χ0) is 14.5. The Hall–Kier alpha value is -1.79. The number of halogens is 2. The minimum atomic E-state index is -0.595. The van der Waals surface area contributed by atoms with Crippen LogP contribution in [0, 0.1) is 11.6 Å². The van der Waals surface area contributed by atoms with E-state index in [-0.39, 0.29) is 5.56 Å². The number of benzene rings is 1. The molecule has 0 saturated carbocycles. The molecule has 0 aliphatic carbocycles. The lowest BCUT2D eigenvalue weighted by Crippen LogP contribution is -2.09. The van der Waals surface area contributed by atoms with E-state index in [2.05, 4.69) is 10.2 Å². The average Bonchev–Trinajstić information content (AvgIpc) is 2.91. The topological polar surface area (TPSA) is 47.1 Å². The molecule has 0 aliphatic rings. The molecule has 0 saturated heterocycles. The molecule has 4 nitrogen and oxygen atoms in total. The molecule has 0 spiro atoms. The van der Waals surface area contributed by atoms with Crippen LogP contribution in [0.1, 0.15) is 25.8 Å². The highest BCUT2D eigenvalue weighted by Gasteiger charge is 2.17. The van der Waals surface area contributed by atoms with Gasteiger partial charge in [-0.05, 0) is 38.1 Å². The summed E-state index contributed by atoms with van der Waals surface area (Å²) in [4.78, 5) is 0. The van der Waals surface area contributed by atoms with Gasteiger partial charge in [0.1, 0.15) is 11.6 Å². The second-order valence-corrected chi connectivity index (χ2v) is 4.08. The number of rotatable bonds is 6. The second kappa shape index (κ2) is 6.58. The van der Waals surface area contributed by atoms with E-state index in [4.69, 9.17) is 9.47 Å². The Morgan fingerprint density at radius 2 is 1.85 bits per heavy atom. The van der Waals surface area contributed by atoms with Crippen molar-refractivity contribution in [3.63, 3.8) is 0 Å². The van der Waals surface area contributed by atoms with E-state index in [0.29, 0.717) is 24.6 Å². The molecule has 0 fully saturated rings. The van der Waals surface area contributed by atoms with Gasteiger partial charge in [0.2, 0.25) is 0 Å². The number of nitrogens with zero attached hydrogens (tertiary/aromatic N) is 1. The third-order valence-electron chi connectivity index (χ3n) is 2.69. The molecule has 0 unspecified atom stereocenters. The van der Waals surface area contributed by atoms with Gasteiger partial charge >= 0.3 is 0 Å².